The first kappa shape index (κ1) is 11.5. The maximum atomic E-state index is 6.19. The van der Waals surface area contributed by atoms with E-state index in [1.807, 2.05) is 12.1 Å². The Labute approximate surface area is 101 Å². The molecule has 2 aromatic rings. The molecule has 0 amide bonds. The van der Waals surface area contributed by atoms with Crippen molar-refractivity contribution in [3.8, 4) is 0 Å². The molecule has 0 spiro atoms. The average Bonchev–Trinajstić information content (AvgIpc) is 2.58. The van der Waals surface area contributed by atoms with Crippen LogP contribution in [0.5, 0.6) is 0 Å². The fraction of sp³-hybridized carbons (Fsp3) is 0.385. The monoisotopic (exact) mass is 237 g/mol. The molecule has 0 atom stereocenters. The van der Waals surface area contributed by atoms with Crippen LogP contribution in [-0.4, -0.2) is 11.7 Å². The van der Waals surface area contributed by atoms with E-state index < -0.39 is 0 Å². The van der Waals surface area contributed by atoms with E-state index in [1.165, 1.54) is 11.2 Å². The maximum Gasteiger partial charge on any atom is 0.0864 e. The molecule has 0 aliphatic heterocycles. The van der Waals surface area contributed by atoms with E-state index >= 15 is 0 Å². The molecule has 16 heavy (non-hydrogen) atoms. The van der Waals surface area contributed by atoms with Gasteiger partial charge < -0.3 is 9.30 Å². The van der Waals surface area contributed by atoms with Gasteiger partial charge in [-0.05, 0) is 32.0 Å². The van der Waals surface area contributed by atoms with Gasteiger partial charge in [-0.2, -0.15) is 0 Å². The summed E-state index contributed by atoms with van der Waals surface area (Å²) >= 11 is 6.19. The van der Waals surface area contributed by atoms with Crippen LogP contribution in [0.15, 0.2) is 24.3 Å². The fourth-order valence-corrected chi connectivity index (χ4v) is 2.36. The molecule has 0 saturated carbocycles. The third kappa shape index (κ3) is 1.83. The molecule has 1 heterocycles. The first-order valence-corrected chi connectivity index (χ1v) is 5.80. The van der Waals surface area contributed by atoms with Gasteiger partial charge in [-0.1, -0.05) is 17.7 Å². The number of ether oxygens (including phenoxy) is 1. The highest BCUT2D eigenvalue weighted by molar-refractivity contribution is 6.35. The second kappa shape index (κ2) is 4.48. The SMILES string of the molecule is COCc1cc2c(Cl)cccc2n1C(C)C. The summed E-state index contributed by atoms with van der Waals surface area (Å²) < 4.78 is 7.49. The molecule has 0 unspecified atom stereocenters. The van der Waals surface area contributed by atoms with Gasteiger partial charge in [0.2, 0.25) is 0 Å². The van der Waals surface area contributed by atoms with Crippen molar-refractivity contribution in [2.45, 2.75) is 26.5 Å². The van der Waals surface area contributed by atoms with E-state index in [-0.39, 0.29) is 0 Å². The van der Waals surface area contributed by atoms with Gasteiger partial charge in [0.05, 0.1) is 12.1 Å². The molecule has 2 rings (SSSR count). The Morgan fingerprint density at radius 3 is 2.75 bits per heavy atom. The molecule has 1 aromatic carbocycles. The van der Waals surface area contributed by atoms with Gasteiger partial charge in [-0.15, -0.1) is 0 Å². The minimum atomic E-state index is 0.404. The van der Waals surface area contributed by atoms with Gasteiger partial charge in [-0.3, -0.25) is 0 Å². The van der Waals surface area contributed by atoms with Gasteiger partial charge in [0.15, 0.2) is 0 Å². The Hall–Kier alpha value is -0.990. The number of hydrogen-bond acceptors (Lipinski definition) is 1. The molecular formula is C13H16ClNO. The van der Waals surface area contributed by atoms with Crippen LogP contribution < -0.4 is 0 Å². The summed E-state index contributed by atoms with van der Waals surface area (Å²) in [5.74, 6) is 0. The molecule has 2 nitrogen and oxygen atoms in total. The summed E-state index contributed by atoms with van der Waals surface area (Å²) in [6.45, 7) is 4.95. The van der Waals surface area contributed by atoms with E-state index in [4.69, 9.17) is 16.3 Å². The van der Waals surface area contributed by atoms with Crippen LogP contribution >= 0.6 is 11.6 Å². The van der Waals surface area contributed by atoms with Gasteiger partial charge in [-0.25, -0.2) is 0 Å². The first-order valence-electron chi connectivity index (χ1n) is 5.42. The molecule has 0 saturated heterocycles. The van der Waals surface area contributed by atoms with Gasteiger partial charge in [0, 0.05) is 29.3 Å². The molecule has 0 aliphatic rings. The van der Waals surface area contributed by atoms with Crippen molar-refractivity contribution in [1.82, 2.24) is 4.57 Å². The number of benzene rings is 1. The Kier molecular flexibility index (Phi) is 3.22. The number of nitrogens with zero attached hydrogens (tertiary/aromatic N) is 1. The Balaban J connectivity index is 2.70. The van der Waals surface area contributed by atoms with Gasteiger partial charge in [0.25, 0.3) is 0 Å². The van der Waals surface area contributed by atoms with Crippen molar-refractivity contribution in [3.63, 3.8) is 0 Å². The van der Waals surface area contributed by atoms with E-state index in [0.29, 0.717) is 12.6 Å². The Bertz CT molecular complexity index is 502. The summed E-state index contributed by atoms with van der Waals surface area (Å²) in [5, 5.41) is 1.90. The van der Waals surface area contributed by atoms with Crippen molar-refractivity contribution >= 4 is 22.5 Å². The molecule has 86 valence electrons. The molecular weight excluding hydrogens is 222 g/mol. The first-order chi connectivity index (χ1) is 7.65. The lowest BCUT2D eigenvalue weighted by atomic mass is 10.2. The highest BCUT2D eigenvalue weighted by atomic mass is 35.5. The highest BCUT2D eigenvalue weighted by Gasteiger charge is 2.12. The minimum Gasteiger partial charge on any atom is -0.378 e. The quantitative estimate of drug-likeness (QED) is 0.787. The van der Waals surface area contributed by atoms with Crippen molar-refractivity contribution < 1.29 is 4.74 Å². The second-order valence-corrected chi connectivity index (χ2v) is 4.61. The number of fused-ring (bicyclic) bond motifs is 1. The number of aromatic nitrogens is 1. The van der Waals surface area contributed by atoms with Crippen LogP contribution in [0.3, 0.4) is 0 Å². The standard InChI is InChI=1S/C13H16ClNO/c1-9(2)15-10(8-16-3)7-11-12(14)5-4-6-13(11)15/h4-7,9H,8H2,1-3H3. The summed E-state index contributed by atoms with van der Waals surface area (Å²) in [7, 11) is 1.71. The minimum absolute atomic E-state index is 0.404. The summed E-state index contributed by atoms with van der Waals surface area (Å²) in [5.41, 5.74) is 2.34. The zero-order valence-corrected chi connectivity index (χ0v) is 10.6. The lowest BCUT2D eigenvalue weighted by Crippen LogP contribution is -2.05. The van der Waals surface area contributed by atoms with Crippen molar-refractivity contribution in [3.05, 3.63) is 35.0 Å². The molecule has 0 N–H and O–H groups in total. The predicted octanol–water partition coefficient (Wildman–Crippen LogP) is 4.02. The smallest absolute Gasteiger partial charge is 0.0864 e. The fourth-order valence-electron chi connectivity index (χ4n) is 2.14. The van der Waals surface area contributed by atoms with E-state index in [1.54, 1.807) is 7.11 Å². The predicted molar refractivity (Wildman–Crippen MR) is 68.0 cm³/mol. The topological polar surface area (TPSA) is 14.2 Å². The second-order valence-electron chi connectivity index (χ2n) is 4.21. The number of rotatable bonds is 3. The number of hydrogen-bond donors (Lipinski definition) is 0. The Morgan fingerprint density at radius 2 is 2.12 bits per heavy atom. The van der Waals surface area contributed by atoms with E-state index in [0.717, 1.165) is 10.4 Å². The van der Waals surface area contributed by atoms with Gasteiger partial charge in [0.1, 0.15) is 0 Å². The largest absolute Gasteiger partial charge is 0.378 e. The third-order valence-electron chi connectivity index (χ3n) is 2.72. The third-order valence-corrected chi connectivity index (χ3v) is 3.05. The van der Waals surface area contributed by atoms with Crippen molar-refractivity contribution in [2.24, 2.45) is 0 Å². The summed E-state index contributed by atoms with van der Waals surface area (Å²) in [6.07, 6.45) is 0. The van der Waals surface area contributed by atoms with Crippen LogP contribution in [-0.2, 0) is 11.3 Å². The van der Waals surface area contributed by atoms with Crippen LogP contribution in [0, 0.1) is 0 Å². The lowest BCUT2D eigenvalue weighted by Gasteiger charge is -2.14. The maximum absolute atomic E-state index is 6.19. The summed E-state index contributed by atoms with van der Waals surface area (Å²) in [4.78, 5) is 0. The van der Waals surface area contributed by atoms with Crippen molar-refractivity contribution in [1.29, 1.82) is 0 Å². The van der Waals surface area contributed by atoms with Crippen LogP contribution in [0.1, 0.15) is 25.6 Å². The molecule has 0 radical (unpaired) electrons. The molecule has 1 aromatic heterocycles. The average molecular weight is 238 g/mol. The molecule has 0 fully saturated rings. The van der Waals surface area contributed by atoms with Crippen molar-refractivity contribution in [2.75, 3.05) is 7.11 Å². The Morgan fingerprint density at radius 1 is 1.38 bits per heavy atom. The van der Waals surface area contributed by atoms with Crippen LogP contribution in [0.25, 0.3) is 10.9 Å². The normalized spacial score (nSPS) is 11.6. The van der Waals surface area contributed by atoms with Crippen LogP contribution in [0.4, 0.5) is 0 Å². The van der Waals surface area contributed by atoms with E-state index in [2.05, 4.69) is 30.5 Å². The zero-order valence-electron chi connectivity index (χ0n) is 9.83. The van der Waals surface area contributed by atoms with E-state index in [9.17, 15) is 0 Å². The van der Waals surface area contributed by atoms with Crippen LogP contribution in [0.2, 0.25) is 5.02 Å². The number of methoxy groups -OCH3 is 1. The molecule has 0 bridgehead atoms. The summed E-state index contributed by atoms with van der Waals surface area (Å²) in [6, 6.07) is 8.52. The zero-order chi connectivity index (χ0) is 11.7. The highest BCUT2D eigenvalue weighted by Crippen LogP contribution is 2.29. The lowest BCUT2D eigenvalue weighted by molar-refractivity contribution is 0.177. The molecule has 0 aliphatic carbocycles. The number of halogens is 1. The molecule has 3 heteroatoms. The van der Waals surface area contributed by atoms with Gasteiger partial charge >= 0.3 is 0 Å².